The van der Waals surface area contributed by atoms with E-state index in [0.29, 0.717) is 5.70 Å². The number of hydrogen-bond acceptors (Lipinski definition) is 3. The first-order valence-corrected chi connectivity index (χ1v) is 2.47. The van der Waals surface area contributed by atoms with E-state index in [2.05, 4.69) is 6.58 Å². The Bertz CT molecular complexity index is 152. The molecule has 3 nitrogen and oxygen atoms in total. The monoisotopic (exact) mass is 125 g/mol. The maximum atomic E-state index is 5.31. The molecule has 0 aliphatic carbocycles. The minimum atomic E-state index is 0.236. The molecule has 3 heteroatoms. The highest BCUT2D eigenvalue weighted by Crippen LogP contribution is 1.84. The summed E-state index contributed by atoms with van der Waals surface area (Å²) in [4.78, 5) is 0. The molecule has 0 bridgehead atoms. The molecule has 0 aromatic carbocycles. The van der Waals surface area contributed by atoms with Crippen LogP contribution in [-0.4, -0.2) is 0 Å². The summed E-state index contributed by atoms with van der Waals surface area (Å²) < 4.78 is 0. The highest BCUT2D eigenvalue weighted by molar-refractivity contribution is 5.19. The topological polar surface area (TPSA) is 78.1 Å². The lowest BCUT2D eigenvalue weighted by molar-refractivity contribution is 1.25. The van der Waals surface area contributed by atoms with E-state index in [1.807, 2.05) is 0 Å². The van der Waals surface area contributed by atoms with Gasteiger partial charge in [0, 0.05) is 5.70 Å². The molecule has 0 spiro atoms. The molecular formula is C6H11N3. The van der Waals surface area contributed by atoms with Gasteiger partial charge in [-0.05, 0) is 18.2 Å². The summed E-state index contributed by atoms with van der Waals surface area (Å²) in [6.07, 6.45) is 4.61. The van der Waals surface area contributed by atoms with Gasteiger partial charge in [0.25, 0.3) is 0 Å². The van der Waals surface area contributed by atoms with Gasteiger partial charge in [0.1, 0.15) is 0 Å². The number of rotatable bonds is 2. The molecular weight excluding hydrogens is 114 g/mol. The third-order valence-corrected chi connectivity index (χ3v) is 0.704. The van der Waals surface area contributed by atoms with Crippen LogP contribution < -0.4 is 17.2 Å². The Morgan fingerprint density at radius 1 is 1.11 bits per heavy atom. The van der Waals surface area contributed by atoms with Gasteiger partial charge in [-0.3, -0.25) is 0 Å². The predicted molar refractivity (Wildman–Crippen MR) is 38.9 cm³/mol. The van der Waals surface area contributed by atoms with E-state index in [1.165, 1.54) is 12.2 Å². The molecule has 9 heavy (non-hydrogen) atoms. The number of allylic oxidation sites excluding steroid dienone is 3. The van der Waals surface area contributed by atoms with Crippen molar-refractivity contribution in [2.75, 3.05) is 0 Å². The first-order chi connectivity index (χ1) is 4.16. The van der Waals surface area contributed by atoms with E-state index in [0.717, 1.165) is 0 Å². The van der Waals surface area contributed by atoms with Gasteiger partial charge in [-0.2, -0.15) is 0 Å². The lowest BCUT2D eigenvalue weighted by Crippen LogP contribution is -2.07. The molecule has 0 heterocycles. The number of nitrogens with two attached hydrogens (primary N) is 3. The molecule has 0 aliphatic rings. The summed E-state index contributed by atoms with van der Waals surface area (Å²) in [6, 6.07) is 0. The van der Waals surface area contributed by atoms with Crippen molar-refractivity contribution in [1.82, 2.24) is 0 Å². The summed E-state index contributed by atoms with van der Waals surface area (Å²) in [6.45, 7) is 3.43. The molecule has 50 valence electrons. The van der Waals surface area contributed by atoms with Crippen LogP contribution in [0.3, 0.4) is 0 Å². The first-order valence-electron chi connectivity index (χ1n) is 2.47. The van der Waals surface area contributed by atoms with Gasteiger partial charge in [-0.15, -0.1) is 0 Å². The average Bonchev–Trinajstić information content (AvgIpc) is 1.83. The van der Waals surface area contributed by atoms with Gasteiger partial charge in [0.15, 0.2) is 0 Å². The van der Waals surface area contributed by atoms with E-state index in [4.69, 9.17) is 17.2 Å². The van der Waals surface area contributed by atoms with Crippen LogP contribution in [0.4, 0.5) is 0 Å². The smallest absolute Gasteiger partial charge is 0.0934 e. The molecule has 0 unspecified atom stereocenters. The summed E-state index contributed by atoms with van der Waals surface area (Å²) in [7, 11) is 0. The van der Waals surface area contributed by atoms with Crippen molar-refractivity contribution in [3.05, 3.63) is 36.3 Å². The average molecular weight is 125 g/mol. The molecule has 6 N–H and O–H groups in total. The molecule has 0 aromatic rings. The molecule has 0 saturated carbocycles. The maximum Gasteiger partial charge on any atom is 0.0934 e. The molecule has 0 aliphatic heterocycles. The van der Waals surface area contributed by atoms with Crippen molar-refractivity contribution >= 4 is 0 Å². The third kappa shape index (κ3) is 4.47. The SMILES string of the molecule is C=C/C(N)=C\C=C(N)N. The summed E-state index contributed by atoms with van der Waals surface area (Å²) in [5.74, 6) is 0.236. The van der Waals surface area contributed by atoms with E-state index in [1.54, 1.807) is 6.08 Å². The van der Waals surface area contributed by atoms with E-state index >= 15 is 0 Å². The molecule has 0 saturated heterocycles. The Balaban J connectivity index is 3.98. The fraction of sp³-hybridized carbons (Fsp3) is 0. The second kappa shape index (κ2) is 3.60. The molecule has 0 aromatic heterocycles. The van der Waals surface area contributed by atoms with Crippen LogP contribution >= 0.6 is 0 Å². The van der Waals surface area contributed by atoms with Crippen molar-refractivity contribution < 1.29 is 0 Å². The van der Waals surface area contributed by atoms with Gasteiger partial charge in [-0.25, -0.2) is 0 Å². The summed E-state index contributed by atoms with van der Waals surface area (Å²) >= 11 is 0. The van der Waals surface area contributed by atoms with Crippen molar-refractivity contribution in [3.8, 4) is 0 Å². The quantitative estimate of drug-likeness (QED) is 0.446. The fourth-order valence-electron chi connectivity index (χ4n) is 0.260. The van der Waals surface area contributed by atoms with E-state index in [-0.39, 0.29) is 5.82 Å². The molecule has 0 rings (SSSR count). The van der Waals surface area contributed by atoms with E-state index in [9.17, 15) is 0 Å². The van der Waals surface area contributed by atoms with Crippen molar-refractivity contribution in [2.24, 2.45) is 17.2 Å². The molecule has 0 atom stereocenters. The normalized spacial score (nSPS) is 10.4. The van der Waals surface area contributed by atoms with Crippen LogP contribution in [0.1, 0.15) is 0 Å². The largest absolute Gasteiger partial charge is 0.399 e. The van der Waals surface area contributed by atoms with Crippen molar-refractivity contribution in [3.63, 3.8) is 0 Å². The van der Waals surface area contributed by atoms with Crippen molar-refractivity contribution in [1.29, 1.82) is 0 Å². The second-order valence-electron chi connectivity index (χ2n) is 1.54. The first kappa shape index (κ1) is 7.62. The van der Waals surface area contributed by atoms with Gasteiger partial charge >= 0.3 is 0 Å². The minimum absolute atomic E-state index is 0.236. The van der Waals surface area contributed by atoms with Crippen LogP contribution in [-0.2, 0) is 0 Å². The summed E-state index contributed by atoms with van der Waals surface area (Å²) in [5.41, 5.74) is 16.1. The van der Waals surface area contributed by atoms with Gasteiger partial charge in [-0.1, -0.05) is 6.58 Å². The zero-order chi connectivity index (χ0) is 7.28. The zero-order valence-electron chi connectivity index (χ0n) is 5.17. The van der Waals surface area contributed by atoms with Gasteiger partial charge < -0.3 is 17.2 Å². The van der Waals surface area contributed by atoms with E-state index < -0.39 is 0 Å². The highest BCUT2D eigenvalue weighted by atomic mass is 14.8. The Morgan fingerprint density at radius 2 is 1.67 bits per heavy atom. The fourth-order valence-corrected chi connectivity index (χ4v) is 0.260. The zero-order valence-corrected chi connectivity index (χ0v) is 5.17. The Hall–Kier alpha value is -1.38. The van der Waals surface area contributed by atoms with Crippen LogP contribution in [0.2, 0.25) is 0 Å². The lowest BCUT2D eigenvalue weighted by atomic mass is 10.4. The predicted octanol–water partition coefficient (Wildman–Crippen LogP) is -0.226. The van der Waals surface area contributed by atoms with Crippen LogP contribution in [0.15, 0.2) is 36.3 Å². The maximum absolute atomic E-state index is 5.31. The molecule has 0 radical (unpaired) electrons. The number of hydrogen-bond donors (Lipinski definition) is 3. The standard InChI is InChI=1S/C6H11N3/c1-2-5(7)3-4-6(8)9/h2-4H,1,7-9H2/b5-3+. The van der Waals surface area contributed by atoms with Crippen LogP contribution in [0, 0.1) is 0 Å². The van der Waals surface area contributed by atoms with Gasteiger partial charge in [0.05, 0.1) is 5.82 Å². The molecule has 0 amide bonds. The Labute approximate surface area is 54.5 Å². The summed E-state index contributed by atoms with van der Waals surface area (Å²) in [5, 5.41) is 0. The van der Waals surface area contributed by atoms with Gasteiger partial charge in [0.2, 0.25) is 0 Å². The highest BCUT2D eigenvalue weighted by Gasteiger charge is 1.75. The lowest BCUT2D eigenvalue weighted by Gasteiger charge is -1.87. The van der Waals surface area contributed by atoms with Crippen LogP contribution in [0.5, 0.6) is 0 Å². The Kier molecular flexibility index (Phi) is 3.05. The Morgan fingerprint density at radius 3 is 2.00 bits per heavy atom. The second-order valence-corrected chi connectivity index (χ2v) is 1.54. The van der Waals surface area contributed by atoms with Crippen LogP contribution in [0.25, 0.3) is 0 Å². The molecule has 0 fully saturated rings. The van der Waals surface area contributed by atoms with Crippen molar-refractivity contribution in [2.45, 2.75) is 0 Å². The minimum Gasteiger partial charge on any atom is -0.399 e. The third-order valence-electron chi connectivity index (χ3n) is 0.704.